The molecular weight excluding hydrogens is 240 g/mol. The van der Waals surface area contributed by atoms with Crippen LogP contribution in [0.15, 0.2) is 46.1 Å². The van der Waals surface area contributed by atoms with Crippen molar-refractivity contribution >= 4 is 11.4 Å². The largest absolute Gasteiger partial charge is 0.497 e. The number of rotatable bonds is 7. The van der Waals surface area contributed by atoms with E-state index >= 15 is 0 Å². The Bertz CT molecular complexity index is 417. The lowest BCUT2D eigenvalue weighted by molar-refractivity contribution is 0.309. The van der Waals surface area contributed by atoms with E-state index in [1.54, 1.807) is 20.2 Å². The molecule has 0 aliphatic heterocycles. The Balaban J connectivity index is 5.39. The number of aliphatic imine (C=N–C) groups is 2. The Morgan fingerprint density at radius 3 is 2.42 bits per heavy atom. The van der Waals surface area contributed by atoms with Crippen molar-refractivity contribution in [3.63, 3.8) is 0 Å². The minimum absolute atomic E-state index is 0.182. The highest BCUT2D eigenvalue weighted by Crippen LogP contribution is 2.07. The molecule has 1 atom stereocenters. The average Bonchev–Trinajstić information content (AvgIpc) is 2.40. The first-order valence-electron chi connectivity index (χ1n) is 6.06. The van der Waals surface area contributed by atoms with Crippen molar-refractivity contribution in [2.45, 2.75) is 19.9 Å². The van der Waals surface area contributed by atoms with E-state index in [4.69, 9.17) is 16.2 Å². The third-order valence-corrected chi connectivity index (χ3v) is 2.45. The second-order valence-electron chi connectivity index (χ2n) is 3.83. The van der Waals surface area contributed by atoms with Gasteiger partial charge in [-0.3, -0.25) is 9.98 Å². The molecule has 0 aromatic carbocycles. The zero-order valence-electron chi connectivity index (χ0n) is 12.2. The van der Waals surface area contributed by atoms with Gasteiger partial charge >= 0.3 is 0 Å². The van der Waals surface area contributed by atoms with Gasteiger partial charge in [0.15, 0.2) is 0 Å². The molecule has 5 nitrogen and oxygen atoms in total. The minimum Gasteiger partial charge on any atom is -0.497 e. The van der Waals surface area contributed by atoms with Crippen LogP contribution in [0.5, 0.6) is 0 Å². The van der Waals surface area contributed by atoms with Crippen molar-refractivity contribution in [3.8, 4) is 0 Å². The third kappa shape index (κ3) is 5.63. The van der Waals surface area contributed by atoms with Crippen LogP contribution in [-0.4, -0.2) is 38.3 Å². The molecule has 0 radical (unpaired) electrons. The molecule has 0 saturated heterocycles. The van der Waals surface area contributed by atoms with Crippen molar-refractivity contribution in [3.05, 3.63) is 36.1 Å². The first-order valence-corrected chi connectivity index (χ1v) is 6.06. The van der Waals surface area contributed by atoms with Crippen molar-refractivity contribution in [2.24, 2.45) is 21.5 Å². The van der Waals surface area contributed by atoms with Gasteiger partial charge in [-0.05, 0) is 31.6 Å². The van der Waals surface area contributed by atoms with E-state index in [-0.39, 0.29) is 12.7 Å². The van der Waals surface area contributed by atoms with Gasteiger partial charge in [0.25, 0.3) is 0 Å². The van der Waals surface area contributed by atoms with E-state index in [0.29, 0.717) is 11.5 Å². The van der Waals surface area contributed by atoms with Crippen LogP contribution < -0.4 is 11.5 Å². The van der Waals surface area contributed by atoms with E-state index in [0.717, 1.165) is 11.3 Å². The first kappa shape index (κ1) is 17.3. The molecule has 4 N–H and O–H groups in total. The van der Waals surface area contributed by atoms with Crippen LogP contribution in [0.1, 0.15) is 13.8 Å². The molecule has 0 fully saturated rings. The number of hydrogen-bond acceptors (Lipinski definition) is 5. The van der Waals surface area contributed by atoms with Gasteiger partial charge in [0.05, 0.1) is 25.2 Å². The van der Waals surface area contributed by atoms with E-state index < -0.39 is 0 Å². The molecule has 0 bridgehead atoms. The third-order valence-electron chi connectivity index (χ3n) is 2.45. The van der Waals surface area contributed by atoms with Crippen LogP contribution in [0.2, 0.25) is 0 Å². The Labute approximate surface area is 115 Å². The lowest BCUT2D eigenvalue weighted by atomic mass is 10.0. The summed E-state index contributed by atoms with van der Waals surface area (Å²) >= 11 is 0. The molecule has 0 spiro atoms. The highest BCUT2D eigenvalue weighted by atomic mass is 16.5. The fourth-order valence-corrected chi connectivity index (χ4v) is 1.49. The molecular formula is C14H24N4O. The summed E-state index contributed by atoms with van der Waals surface area (Å²) in [5.74, 6) is 0.563. The number of hydrogen-bond donors (Lipinski definition) is 2. The van der Waals surface area contributed by atoms with Gasteiger partial charge < -0.3 is 16.2 Å². The summed E-state index contributed by atoms with van der Waals surface area (Å²) in [5, 5.41) is 0. The monoisotopic (exact) mass is 264 g/mol. The average molecular weight is 264 g/mol. The molecule has 19 heavy (non-hydrogen) atoms. The number of methoxy groups -OCH3 is 1. The SMILES string of the molecule is C=C(\C=C/C(=C\C)C(=N/C)/C(=N\CN)C(C)N)OC. The van der Waals surface area contributed by atoms with Crippen LogP contribution in [0.25, 0.3) is 0 Å². The Hall–Kier alpha value is -1.72. The van der Waals surface area contributed by atoms with Gasteiger partial charge in [0.2, 0.25) is 0 Å². The minimum atomic E-state index is -0.240. The van der Waals surface area contributed by atoms with E-state index in [9.17, 15) is 0 Å². The quantitative estimate of drug-likeness (QED) is 0.414. The maximum absolute atomic E-state index is 5.91. The molecule has 1 unspecified atom stereocenters. The molecule has 0 aromatic heterocycles. The Morgan fingerprint density at radius 2 is 2.05 bits per heavy atom. The summed E-state index contributed by atoms with van der Waals surface area (Å²) in [6.07, 6.45) is 5.56. The maximum Gasteiger partial charge on any atom is 0.111 e. The van der Waals surface area contributed by atoms with E-state index in [1.807, 2.05) is 26.0 Å². The highest BCUT2D eigenvalue weighted by molar-refractivity contribution is 6.50. The molecule has 5 heteroatoms. The van der Waals surface area contributed by atoms with Crippen molar-refractivity contribution in [1.29, 1.82) is 0 Å². The smallest absolute Gasteiger partial charge is 0.111 e. The number of allylic oxidation sites excluding steroid dienone is 4. The van der Waals surface area contributed by atoms with Gasteiger partial charge in [-0.15, -0.1) is 0 Å². The normalized spacial score (nSPS) is 15.8. The fraction of sp³-hybridized carbons (Fsp3) is 0.429. The van der Waals surface area contributed by atoms with Crippen LogP contribution >= 0.6 is 0 Å². The fourth-order valence-electron chi connectivity index (χ4n) is 1.49. The second kappa shape index (κ2) is 9.24. The lowest BCUT2D eigenvalue weighted by Crippen LogP contribution is -2.35. The topological polar surface area (TPSA) is 86.0 Å². The van der Waals surface area contributed by atoms with Crippen molar-refractivity contribution in [2.75, 3.05) is 20.8 Å². The lowest BCUT2D eigenvalue weighted by Gasteiger charge is -2.14. The van der Waals surface area contributed by atoms with E-state index in [2.05, 4.69) is 16.6 Å². The molecule has 0 aliphatic rings. The van der Waals surface area contributed by atoms with Gasteiger partial charge in [0, 0.05) is 13.1 Å². The van der Waals surface area contributed by atoms with Crippen LogP contribution in [-0.2, 0) is 4.74 Å². The summed E-state index contributed by atoms with van der Waals surface area (Å²) in [6, 6.07) is -0.240. The van der Waals surface area contributed by atoms with Crippen LogP contribution in [0.4, 0.5) is 0 Å². The molecule has 0 heterocycles. The van der Waals surface area contributed by atoms with Gasteiger partial charge in [0.1, 0.15) is 5.76 Å². The molecule has 0 saturated carbocycles. The van der Waals surface area contributed by atoms with Gasteiger partial charge in [-0.25, -0.2) is 0 Å². The Morgan fingerprint density at radius 1 is 1.42 bits per heavy atom. The molecule has 0 rings (SSSR count). The van der Waals surface area contributed by atoms with Crippen molar-refractivity contribution < 1.29 is 4.74 Å². The molecule has 106 valence electrons. The van der Waals surface area contributed by atoms with Crippen LogP contribution in [0, 0.1) is 0 Å². The number of ether oxygens (including phenoxy) is 1. The molecule has 0 amide bonds. The summed E-state index contributed by atoms with van der Waals surface area (Å²) in [4.78, 5) is 8.48. The zero-order valence-corrected chi connectivity index (χ0v) is 12.2. The predicted molar refractivity (Wildman–Crippen MR) is 82.5 cm³/mol. The maximum atomic E-state index is 5.91. The standard InChI is InChI=1S/C14H24N4O/c1-6-12(8-7-10(2)19-5)14(17-4)13(11(3)16)18-9-15/h6-8,11H,2,9,15-16H2,1,3-5H3/b8-7-,12-6+,17-14-,18-13-. The summed E-state index contributed by atoms with van der Waals surface area (Å²) in [6.45, 7) is 7.68. The molecule has 0 aromatic rings. The second-order valence-corrected chi connectivity index (χ2v) is 3.83. The predicted octanol–water partition coefficient (Wildman–Crippen LogP) is 1.42. The summed E-state index contributed by atoms with van der Waals surface area (Å²) in [5.41, 5.74) is 13.7. The van der Waals surface area contributed by atoms with Crippen LogP contribution in [0.3, 0.4) is 0 Å². The highest BCUT2D eigenvalue weighted by Gasteiger charge is 2.15. The number of nitrogens with zero attached hydrogens (tertiary/aromatic N) is 2. The number of nitrogens with two attached hydrogens (primary N) is 2. The first-order chi connectivity index (χ1) is 9.01. The summed E-state index contributed by atoms with van der Waals surface area (Å²) in [7, 11) is 3.27. The zero-order chi connectivity index (χ0) is 14.8. The van der Waals surface area contributed by atoms with Gasteiger partial charge in [-0.1, -0.05) is 12.7 Å². The van der Waals surface area contributed by atoms with Crippen molar-refractivity contribution in [1.82, 2.24) is 0 Å². The van der Waals surface area contributed by atoms with Gasteiger partial charge in [-0.2, -0.15) is 0 Å². The van der Waals surface area contributed by atoms with E-state index in [1.165, 1.54) is 0 Å². The summed E-state index contributed by atoms with van der Waals surface area (Å²) < 4.78 is 4.99. The Kier molecular flexibility index (Phi) is 8.41. The molecule has 0 aliphatic carbocycles.